The number of carbonyl (C=O) groups is 2. The highest BCUT2D eigenvalue weighted by Crippen LogP contribution is 2.12. The Labute approximate surface area is 149 Å². The van der Waals surface area contributed by atoms with Crippen LogP contribution in [0.4, 0.5) is 0 Å². The molecule has 2 aromatic carbocycles. The van der Waals surface area contributed by atoms with E-state index in [2.05, 4.69) is 12.2 Å². The quantitative estimate of drug-likeness (QED) is 0.790. The third-order valence-electron chi connectivity index (χ3n) is 3.97. The lowest BCUT2D eigenvalue weighted by atomic mass is 10.0. The zero-order chi connectivity index (χ0) is 18.1. The van der Waals surface area contributed by atoms with Crippen LogP contribution in [0.25, 0.3) is 0 Å². The number of nitrogens with zero attached hydrogens (tertiary/aromatic N) is 1. The van der Waals surface area contributed by atoms with Crippen molar-refractivity contribution in [2.45, 2.75) is 19.4 Å². The van der Waals surface area contributed by atoms with Crippen molar-refractivity contribution in [3.05, 3.63) is 83.9 Å². The summed E-state index contributed by atoms with van der Waals surface area (Å²) in [6.45, 7) is 3.09. The van der Waals surface area contributed by atoms with Gasteiger partial charge in [-0.05, 0) is 17.0 Å². The first-order valence-electron chi connectivity index (χ1n) is 8.36. The summed E-state index contributed by atoms with van der Waals surface area (Å²) in [5.41, 5.74) is 2.22. The van der Waals surface area contributed by atoms with Crippen molar-refractivity contribution in [3.8, 4) is 0 Å². The lowest BCUT2D eigenvalue weighted by Gasteiger charge is -2.15. The molecule has 0 bridgehead atoms. The Morgan fingerprint density at radius 3 is 2.24 bits per heavy atom. The number of hydrogen-bond acceptors (Lipinski definition) is 2. The molecule has 4 heteroatoms. The molecule has 0 aromatic heterocycles. The number of carbonyl (C=O) groups excluding carboxylic acids is 2. The van der Waals surface area contributed by atoms with Crippen LogP contribution in [0.2, 0.25) is 0 Å². The fraction of sp³-hybridized carbons (Fsp3) is 0.238. The summed E-state index contributed by atoms with van der Waals surface area (Å²) in [6.07, 6.45) is 2.60. The van der Waals surface area contributed by atoms with Crippen LogP contribution >= 0.6 is 0 Å². The molecule has 0 radical (unpaired) electrons. The Bertz CT molecular complexity index is 711. The van der Waals surface area contributed by atoms with Crippen molar-refractivity contribution in [2.75, 3.05) is 13.6 Å². The van der Waals surface area contributed by atoms with Crippen LogP contribution in [0, 0.1) is 0 Å². The van der Waals surface area contributed by atoms with E-state index < -0.39 is 0 Å². The number of hydrogen-bond donors (Lipinski definition) is 1. The summed E-state index contributed by atoms with van der Waals surface area (Å²) in [5.74, 6) is -0.241. The maximum atomic E-state index is 12.1. The largest absolute Gasteiger partial charge is 0.352 e. The third-order valence-corrected chi connectivity index (χ3v) is 3.97. The minimum atomic E-state index is -0.260. The Balaban J connectivity index is 1.78. The van der Waals surface area contributed by atoms with E-state index in [1.165, 1.54) is 17.7 Å². The minimum Gasteiger partial charge on any atom is -0.352 e. The molecule has 1 unspecified atom stereocenters. The van der Waals surface area contributed by atoms with Gasteiger partial charge >= 0.3 is 0 Å². The molecule has 2 rings (SSSR count). The first-order valence-corrected chi connectivity index (χ1v) is 8.36. The molecule has 0 saturated carbocycles. The molecular formula is C21H24N2O2. The molecule has 0 saturated heterocycles. The van der Waals surface area contributed by atoms with Crippen LogP contribution < -0.4 is 5.32 Å². The normalized spacial score (nSPS) is 11.9. The van der Waals surface area contributed by atoms with Crippen molar-refractivity contribution < 1.29 is 9.59 Å². The van der Waals surface area contributed by atoms with Crippen molar-refractivity contribution in [1.82, 2.24) is 10.2 Å². The van der Waals surface area contributed by atoms with Crippen LogP contribution in [0.3, 0.4) is 0 Å². The van der Waals surface area contributed by atoms with E-state index in [4.69, 9.17) is 0 Å². The predicted molar refractivity (Wildman–Crippen MR) is 99.9 cm³/mol. The van der Waals surface area contributed by atoms with Crippen molar-refractivity contribution in [2.24, 2.45) is 0 Å². The van der Waals surface area contributed by atoms with Gasteiger partial charge in [0.05, 0.1) is 0 Å². The van der Waals surface area contributed by atoms with Gasteiger partial charge in [-0.15, -0.1) is 0 Å². The first kappa shape index (κ1) is 18.5. The molecule has 2 amide bonds. The smallest absolute Gasteiger partial charge is 0.246 e. The van der Waals surface area contributed by atoms with Gasteiger partial charge in [0.25, 0.3) is 0 Å². The summed E-state index contributed by atoms with van der Waals surface area (Å²) in [4.78, 5) is 25.5. The Morgan fingerprint density at radius 1 is 1.00 bits per heavy atom. The number of nitrogens with one attached hydrogen (secondary N) is 1. The number of benzene rings is 2. The van der Waals surface area contributed by atoms with Gasteiger partial charge in [0, 0.05) is 32.3 Å². The highest BCUT2D eigenvalue weighted by molar-refractivity contribution is 5.96. The molecule has 0 aliphatic rings. The number of rotatable bonds is 7. The van der Waals surface area contributed by atoms with Crippen molar-refractivity contribution >= 4 is 11.8 Å². The van der Waals surface area contributed by atoms with E-state index in [1.54, 1.807) is 11.9 Å². The SMILES string of the molecule is CC(CNC(=O)/C=C/C(=O)N(C)Cc1ccccc1)c1ccccc1. The van der Waals surface area contributed by atoms with Gasteiger partial charge in [-0.2, -0.15) is 0 Å². The Morgan fingerprint density at radius 2 is 1.60 bits per heavy atom. The second-order valence-corrected chi connectivity index (χ2v) is 6.07. The molecule has 25 heavy (non-hydrogen) atoms. The number of likely N-dealkylation sites (N-methyl/N-ethyl adjacent to an activating group) is 1. The zero-order valence-electron chi connectivity index (χ0n) is 14.7. The summed E-state index contributed by atoms with van der Waals surface area (Å²) >= 11 is 0. The Kier molecular flexibility index (Phi) is 6.96. The monoisotopic (exact) mass is 336 g/mol. The second kappa shape index (κ2) is 9.42. The molecular weight excluding hydrogens is 312 g/mol. The molecule has 1 atom stereocenters. The van der Waals surface area contributed by atoms with Gasteiger partial charge in [0.2, 0.25) is 11.8 Å². The fourth-order valence-corrected chi connectivity index (χ4v) is 2.42. The molecule has 1 N–H and O–H groups in total. The molecule has 4 nitrogen and oxygen atoms in total. The molecule has 0 aliphatic carbocycles. The van der Waals surface area contributed by atoms with E-state index in [0.29, 0.717) is 13.1 Å². The van der Waals surface area contributed by atoms with Crippen LogP contribution in [0.15, 0.2) is 72.8 Å². The van der Waals surface area contributed by atoms with E-state index in [1.807, 2.05) is 60.7 Å². The van der Waals surface area contributed by atoms with Gasteiger partial charge in [0.15, 0.2) is 0 Å². The van der Waals surface area contributed by atoms with Crippen LogP contribution in [0.5, 0.6) is 0 Å². The molecule has 130 valence electrons. The highest BCUT2D eigenvalue weighted by atomic mass is 16.2. The Hall–Kier alpha value is -2.88. The molecule has 2 aromatic rings. The first-order chi connectivity index (χ1) is 12.1. The summed E-state index contributed by atoms with van der Waals surface area (Å²) in [5, 5.41) is 2.83. The average molecular weight is 336 g/mol. The van der Waals surface area contributed by atoms with E-state index in [-0.39, 0.29) is 17.7 Å². The van der Waals surface area contributed by atoms with Crippen molar-refractivity contribution in [1.29, 1.82) is 0 Å². The van der Waals surface area contributed by atoms with Gasteiger partial charge in [-0.3, -0.25) is 9.59 Å². The lowest BCUT2D eigenvalue weighted by Crippen LogP contribution is -2.27. The van der Waals surface area contributed by atoms with E-state index in [9.17, 15) is 9.59 Å². The zero-order valence-corrected chi connectivity index (χ0v) is 14.7. The van der Waals surface area contributed by atoms with Gasteiger partial charge in [-0.25, -0.2) is 0 Å². The van der Waals surface area contributed by atoms with Crippen molar-refractivity contribution in [3.63, 3.8) is 0 Å². The highest BCUT2D eigenvalue weighted by Gasteiger charge is 2.08. The minimum absolute atomic E-state index is 0.199. The van der Waals surface area contributed by atoms with Crippen LogP contribution in [-0.4, -0.2) is 30.3 Å². The molecule has 0 fully saturated rings. The maximum absolute atomic E-state index is 12.1. The lowest BCUT2D eigenvalue weighted by molar-refractivity contribution is -0.125. The second-order valence-electron chi connectivity index (χ2n) is 6.07. The standard InChI is InChI=1S/C21H24N2O2/c1-17(19-11-7-4-8-12-19)15-22-20(24)13-14-21(25)23(2)16-18-9-5-3-6-10-18/h3-14,17H,15-16H2,1-2H3,(H,22,24)/b14-13+. The predicted octanol–water partition coefficient (Wildman–Crippen LogP) is 3.12. The van der Waals surface area contributed by atoms with Gasteiger partial charge in [-0.1, -0.05) is 67.6 Å². The summed E-state index contributed by atoms with van der Waals surface area (Å²) in [7, 11) is 1.72. The third kappa shape index (κ3) is 6.26. The summed E-state index contributed by atoms with van der Waals surface area (Å²) < 4.78 is 0. The summed E-state index contributed by atoms with van der Waals surface area (Å²) in [6, 6.07) is 19.7. The topological polar surface area (TPSA) is 49.4 Å². The van der Waals surface area contributed by atoms with Gasteiger partial charge < -0.3 is 10.2 Å². The van der Waals surface area contributed by atoms with Crippen LogP contribution in [-0.2, 0) is 16.1 Å². The molecule has 0 spiro atoms. The molecule has 0 aliphatic heterocycles. The van der Waals surface area contributed by atoms with E-state index >= 15 is 0 Å². The van der Waals surface area contributed by atoms with Gasteiger partial charge in [0.1, 0.15) is 0 Å². The van der Waals surface area contributed by atoms with E-state index in [0.717, 1.165) is 5.56 Å². The van der Waals surface area contributed by atoms with Crippen LogP contribution in [0.1, 0.15) is 24.0 Å². The number of amides is 2. The average Bonchev–Trinajstić information content (AvgIpc) is 2.65. The fourth-order valence-electron chi connectivity index (χ4n) is 2.42. The maximum Gasteiger partial charge on any atom is 0.246 e. The molecule has 0 heterocycles.